The molecule has 2 aliphatic heterocycles. The third kappa shape index (κ3) is 2.28. The van der Waals surface area contributed by atoms with Crippen molar-refractivity contribution in [3.63, 3.8) is 0 Å². The van der Waals surface area contributed by atoms with Gasteiger partial charge in [0, 0.05) is 4.90 Å². The Labute approximate surface area is 98.1 Å². The van der Waals surface area contributed by atoms with Crippen molar-refractivity contribution in [2.24, 2.45) is 0 Å². The molecule has 0 unspecified atom stereocenters. The van der Waals surface area contributed by atoms with Crippen molar-refractivity contribution in [2.45, 2.75) is 57.3 Å². The van der Waals surface area contributed by atoms with Crippen LogP contribution in [0.15, 0.2) is 0 Å². The second-order valence-corrected chi connectivity index (χ2v) is 11.1. The minimum atomic E-state index is 0.425. The molecule has 2 saturated heterocycles. The van der Waals surface area contributed by atoms with E-state index in [-0.39, 0.29) is 0 Å². The van der Waals surface area contributed by atoms with Gasteiger partial charge in [-0.3, -0.25) is 0 Å². The molecule has 2 aliphatic rings. The molecule has 2 heteroatoms. The highest BCUT2D eigenvalue weighted by Crippen LogP contribution is 2.73. The molecule has 0 N–H and O–H groups in total. The molecule has 0 nitrogen and oxygen atoms in total. The SMILES string of the molecule is CCC(CC)(P1CCCC1)P1CCCC1. The largest absolute Gasteiger partial charge is 0.0959 e. The minimum Gasteiger partial charge on any atom is -0.0959 e. The first-order chi connectivity index (χ1) is 7.33. The van der Waals surface area contributed by atoms with E-state index in [0.29, 0.717) is 15.8 Å². The maximum atomic E-state index is 2.49. The highest BCUT2D eigenvalue weighted by Gasteiger charge is 2.43. The Kier molecular flexibility index (Phi) is 4.49. The van der Waals surface area contributed by atoms with E-state index in [1.807, 2.05) is 0 Å². The average Bonchev–Trinajstić information content (AvgIpc) is 2.92. The minimum absolute atomic E-state index is 0.425. The first-order valence-electron chi connectivity index (χ1n) is 6.83. The van der Waals surface area contributed by atoms with E-state index in [0.717, 1.165) is 4.90 Å². The first-order valence-corrected chi connectivity index (χ1v) is 10.3. The Balaban J connectivity index is 2.13. The zero-order chi connectivity index (χ0) is 10.7. The fraction of sp³-hybridized carbons (Fsp3) is 1.00. The summed E-state index contributed by atoms with van der Waals surface area (Å²) in [6.45, 7) is 4.98. The van der Waals surface area contributed by atoms with Gasteiger partial charge >= 0.3 is 0 Å². The fourth-order valence-corrected chi connectivity index (χ4v) is 12.7. The van der Waals surface area contributed by atoms with Gasteiger partial charge in [-0.25, -0.2) is 0 Å². The Hall–Kier alpha value is 0.860. The van der Waals surface area contributed by atoms with Gasteiger partial charge in [-0.05, 0) is 63.2 Å². The second-order valence-electron chi connectivity index (χ2n) is 5.08. The fourth-order valence-electron chi connectivity index (χ4n) is 3.61. The summed E-state index contributed by atoms with van der Waals surface area (Å²) in [5, 5.41) is 0. The lowest BCUT2D eigenvalue weighted by atomic mass is 10.2. The topological polar surface area (TPSA) is 0 Å². The Morgan fingerprint density at radius 2 is 1.07 bits per heavy atom. The van der Waals surface area contributed by atoms with E-state index in [9.17, 15) is 0 Å². The van der Waals surface area contributed by atoms with Crippen LogP contribution >= 0.6 is 15.8 Å². The molecule has 0 aromatic heterocycles. The average molecular weight is 244 g/mol. The van der Waals surface area contributed by atoms with Gasteiger partial charge in [0.1, 0.15) is 0 Å². The predicted molar refractivity (Wildman–Crippen MR) is 75.1 cm³/mol. The van der Waals surface area contributed by atoms with E-state index >= 15 is 0 Å². The molecule has 0 radical (unpaired) electrons. The van der Waals surface area contributed by atoms with Gasteiger partial charge in [-0.15, -0.1) is 0 Å². The third-order valence-electron chi connectivity index (χ3n) is 4.52. The normalized spacial score (nSPS) is 25.2. The highest BCUT2D eigenvalue weighted by atomic mass is 31.2. The molecule has 0 atom stereocenters. The standard InChI is InChI=1S/C13H26P2/c1-3-13(4-2,14-9-5-6-10-14)15-11-7-8-12-15/h3-12H2,1-2H3. The molecule has 2 fully saturated rings. The molecular formula is C13H26P2. The van der Waals surface area contributed by atoms with Crippen LogP contribution in [0.2, 0.25) is 0 Å². The molecule has 2 rings (SSSR count). The van der Waals surface area contributed by atoms with Gasteiger partial charge in [0.15, 0.2) is 0 Å². The van der Waals surface area contributed by atoms with E-state index in [1.54, 1.807) is 50.3 Å². The van der Waals surface area contributed by atoms with Crippen molar-refractivity contribution in [2.75, 3.05) is 24.6 Å². The lowest BCUT2D eigenvalue weighted by molar-refractivity contribution is 0.712. The van der Waals surface area contributed by atoms with Gasteiger partial charge in [0.05, 0.1) is 0 Å². The lowest BCUT2D eigenvalue weighted by Gasteiger charge is -2.44. The molecule has 0 aromatic rings. The van der Waals surface area contributed by atoms with Crippen molar-refractivity contribution in [1.29, 1.82) is 0 Å². The van der Waals surface area contributed by atoms with Crippen LogP contribution in [-0.4, -0.2) is 29.5 Å². The number of hydrogen-bond donors (Lipinski definition) is 0. The van der Waals surface area contributed by atoms with Crippen molar-refractivity contribution in [3.8, 4) is 0 Å². The molecule has 15 heavy (non-hydrogen) atoms. The molecule has 0 saturated carbocycles. The summed E-state index contributed by atoms with van der Waals surface area (Å²) in [5.74, 6) is 0. The zero-order valence-corrected chi connectivity index (χ0v) is 12.3. The van der Waals surface area contributed by atoms with Crippen molar-refractivity contribution in [3.05, 3.63) is 0 Å². The van der Waals surface area contributed by atoms with Gasteiger partial charge in [-0.2, -0.15) is 0 Å². The highest BCUT2D eigenvalue weighted by molar-refractivity contribution is 7.77. The van der Waals surface area contributed by atoms with Crippen LogP contribution in [0.4, 0.5) is 0 Å². The summed E-state index contributed by atoms with van der Waals surface area (Å²) in [4.78, 5) is 0.873. The van der Waals surface area contributed by atoms with Crippen molar-refractivity contribution >= 4 is 15.8 Å². The van der Waals surface area contributed by atoms with Crippen LogP contribution in [0.25, 0.3) is 0 Å². The van der Waals surface area contributed by atoms with Crippen LogP contribution in [0.5, 0.6) is 0 Å². The summed E-state index contributed by atoms with van der Waals surface area (Å²) >= 11 is 0. The van der Waals surface area contributed by atoms with Gasteiger partial charge in [-0.1, -0.05) is 29.7 Å². The van der Waals surface area contributed by atoms with Crippen LogP contribution in [0, 0.1) is 0 Å². The van der Waals surface area contributed by atoms with Gasteiger partial charge < -0.3 is 0 Å². The maximum absolute atomic E-state index is 2.49. The molecule has 88 valence electrons. The molecule has 0 amide bonds. The van der Waals surface area contributed by atoms with Crippen molar-refractivity contribution in [1.82, 2.24) is 0 Å². The third-order valence-corrected chi connectivity index (χ3v) is 13.3. The van der Waals surface area contributed by atoms with E-state index in [2.05, 4.69) is 13.8 Å². The molecular weight excluding hydrogens is 218 g/mol. The summed E-state index contributed by atoms with van der Waals surface area (Å²) in [6, 6.07) is 0. The van der Waals surface area contributed by atoms with Crippen LogP contribution < -0.4 is 0 Å². The van der Waals surface area contributed by atoms with E-state index in [1.165, 1.54) is 12.8 Å². The van der Waals surface area contributed by atoms with Gasteiger partial charge in [0.2, 0.25) is 0 Å². The Bertz CT molecular complexity index is 169. The molecule has 2 heterocycles. The quantitative estimate of drug-likeness (QED) is 0.607. The molecule has 0 aliphatic carbocycles. The monoisotopic (exact) mass is 244 g/mol. The predicted octanol–water partition coefficient (Wildman–Crippen LogP) is 5.05. The molecule has 0 bridgehead atoms. The Morgan fingerprint density at radius 1 is 0.733 bits per heavy atom. The summed E-state index contributed by atoms with van der Waals surface area (Å²) in [5.41, 5.74) is 0. The summed E-state index contributed by atoms with van der Waals surface area (Å²) < 4.78 is 0. The van der Waals surface area contributed by atoms with Gasteiger partial charge in [0.25, 0.3) is 0 Å². The summed E-state index contributed by atoms with van der Waals surface area (Å²) in [7, 11) is 0.850. The van der Waals surface area contributed by atoms with E-state index < -0.39 is 0 Å². The van der Waals surface area contributed by atoms with E-state index in [4.69, 9.17) is 0 Å². The molecule has 0 aromatic carbocycles. The van der Waals surface area contributed by atoms with Crippen LogP contribution in [0.1, 0.15) is 52.4 Å². The first kappa shape index (κ1) is 12.3. The van der Waals surface area contributed by atoms with Crippen LogP contribution in [-0.2, 0) is 0 Å². The molecule has 0 spiro atoms. The summed E-state index contributed by atoms with van der Waals surface area (Å²) in [6.07, 6.45) is 15.7. The number of rotatable bonds is 4. The van der Waals surface area contributed by atoms with Crippen LogP contribution in [0.3, 0.4) is 0 Å². The Morgan fingerprint density at radius 3 is 1.33 bits per heavy atom. The smallest absolute Gasteiger partial charge is 0.0101 e. The zero-order valence-electron chi connectivity index (χ0n) is 10.5. The maximum Gasteiger partial charge on any atom is 0.0101 e. The second kappa shape index (κ2) is 5.46. The lowest BCUT2D eigenvalue weighted by Crippen LogP contribution is -2.24. The van der Waals surface area contributed by atoms with Crippen molar-refractivity contribution < 1.29 is 0 Å². The number of hydrogen-bond acceptors (Lipinski definition) is 0.